The molecule has 1 aliphatic rings. The fourth-order valence-electron chi connectivity index (χ4n) is 3.96. The summed E-state index contributed by atoms with van der Waals surface area (Å²) < 4.78 is 5.42. The van der Waals surface area contributed by atoms with Gasteiger partial charge in [0.05, 0.1) is 42.7 Å². The Hall–Kier alpha value is -2.82. The molecule has 0 bridgehead atoms. The minimum atomic E-state index is -0.927. The van der Waals surface area contributed by atoms with Gasteiger partial charge in [0.1, 0.15) is 10.8 Å². The second-order valence-corrected chi connectivity index (χ2v) is 9.83. The number of morpholine rings is 1. The summed E-state index contributed by atoms with van der Waals surface area (Å²) in [5.41, 5.74) is 7.58. The van der Waals surface area contributed by atoms with E-state index in [0.717, 1.165) is 34.8 Å². The molecule has 1 fully saturated rings. The Balaban J connectivity index is 1.60. The topological polar surface area (TPSA) is 121 Å². The van der Waals surface area contributed by atoms with Crippen molar-refractivity contribution in [1.29, 1.82) is 0 Å². The third-order valence-electron chi connectivity index (χ3n) is 5.89. The molecule has 9 heteroatoms. The van der Waals surface area contributed by atoms with Crippen LogP contribution in [0.1, 0.15) is 41.5 Å². The van der Waals surface area contributed by atoms with Gasteiger partial charge in [-0.1, -0.05) is 30.3 Å². The summed E-state index contributed by atoms with van der Waals surface area (Å²) in [5, 5.41) is 24.1. The van der Waals surface area contributed by atoms with E-state index in [0.29, 0.717) is 29.6 Å². The highest BCUT2D eigenvalue weighted by molar-refractivity contribution is 7.19. The lowest BCUT2D eigenvalue weighted by Crippen LogP contribution is -2.40. The lowest BCUT2D eigenvalue weighted by molar-refractivity contribution is 0.00158. The predicted octanol–water partition coefficient (Wildman–Crippen LogP) is 3.25. The number of ether oxygens (including phenoxy) is 1. The first-order chi connectivity index (χ1) is 16.3. The van der Waals surface area contributed by atoms with E-state index in [9.17, 15) is 15.0 Å². The Morgan fingerprint density at radius 1 is 1.24 bits per heavy atom. The lowest BCUT2D eigenvalue weighted by Gasteiger charge is -2.33. The van der Waals surface area contributed by atoms with Crippen molar-refractivity contribution in [2.75, 3.05) is 38.2 Å². The summed E-state index contributed by atoms with van der Waals surface area (Å²) >= 11 is 1.41. The first kappa shape index (κ1) is 24.3. The molecule has 5 N–H and O–H groups in total. The monoisotopic (exact) mass is 482 g/mol. The minimum Gasteiger partial charge on any atom is -0.394 e. The van der Waals surface area contributed by atoms with Crippen LogP contribution >= 0.6 is 11.3 Å². The molecule has 1 saturated heterocycles. The van der Waals surface area contributed by atoms with Crippen LogP contribution in [0.25, 0.3) is 10.4 Å². The van der Waals surface area contributed by atoms with Crippen LogP contribution in [-0.2, 0) is 10.3 Å². The molecular weight excluding hydrogens is 452 g/mol. The molecule has 3 aromatic rings. The van der Waals surface area contributed by atoms with Crippen molar-refractivity contribution < 1.29 is 19.7 Å². The number of carbonyl (C=O) groups excluding carboxylic acids is 1. The summed E-state index contributed by atoms with van der Waals surface area (Å²) in [7, 11) is 0. The van der Waals surface area contributed by atoms with Crippen LogP contribution in [0.2, 0.25) is 0 Å². The first-order valence-electron chi connectivity index (χ1n) is 11.2. The van der Waals surface area contributed by atoms with Crippen molar-refractivity contribution >= 4 is 28.1 Å². The van der Waals surface area contributed by atoms with Gasteiger partial charge in [-0.2, -0.15) is 0 Å². The Kier molecular flexibility index (Phi) is 7.30. The maximum Gasteiger partial charge on any atom is 0.251 e. The lowest BCUT2D eigenvalue weighted by atomic mass is 9.97. The van der Waals surface area contributed by atoms with Crippen molar-refractivity contribution in [1.82, 2.24) is 9.88 Å². The number of anilines is 2. The van der Waals surface area contributed by atoms with Gasteiger partial charge in [0, 0.05) is 18.0 Å². The van der Waals surface area contributed by atoms with E-state index in [1.54, 1.807) is 19.9 Å². The average molecular weight is 483 g/mol. The normalized spacial score (nSPS) is 15.8. The van der Waals surface area contributed by atoms with E-state index in [2.05, 4.69) is 10.2 Å². The van der Waals surface area contributed by atoms with Gasteiger partial charge in [0.2, 0.25) is 0 Å². The van der Waals surface area contributed by atoms with E-state index in [1.807, 2.05) is 42.5 Å². The maximum atomic E-state index is 12.2. The molecule has 0 radical (unpaired) electrons. The summed E-state index contributed by atoms with van der Waals surface area (Å²) in [5.74, 6) is 0.0355. The number of nitrogens with two attached hydrogens (primary N) is 1. The molecule has 2 aromatic heterocycles. The second kappa shape index (κ2) is 10.2. The van der Waals surface area contributed by atoms with Gasteiger partial charge in [-0.15, -0.1) is 11.3 Å². The van der Waals surface area contributed by atoms with Crippen LogP contribution in [0.5, 0.6) is 0 Å². The van der Waals surface area contributed by atoms with Gasteiger partial charge in [0.25, 0.3) is 5.91 Å². The maximum absolute atomic E-state index is 12.2. The third kappa shape index (κ3) is 5.45. The Morgan fingerprint density at radius 3 is 2.56 bits per heavy atom. The standard InChI is InChI=1S/C25H30N4O4S/c1-25(2,32)17-8-6-16(7-9-17)21-14-18(23(26)31)24(34-21)28-22-5-3-4-19(27-22)20(15-30)29-10-12-33-13-11-29/h3-9,14,20,30,32H,10-13,15H2,1-2H3,(H2,26,31)(H,27,28). The quantitative estimate of drug-likeness (QED) is 0.389. The molecule has 180 valence electrons. The van der Waals surface area contributed by atoms with E-state index < -0.39 is 11.5 Å². The number of pyridine rings is 1. The Morgan fingerprint density at radius 2 is 1.94 bits per heavy atom. The highest BCUT2D eigenvalue weighted by Crippen LogP contribution is 2.37. The SMILES string of the molecule is CC(C)(O)c1ccc(-c2cc(C(N)=O)c(Nc3cccc(C(CO)N4CCOCC4)n3)s2)cc1. The fraction of sp³-hybridized carbons (Fsp3) is 0.360. The fourth-order valence-corrected chi connectivity index (χ4v) is 5.04. The van der Waals surface area contributed by atoms with Gasteiger partial charge < -0.3 is 26.0 Å². The van der Waals surface area contributed by atoms with E-state index >= 15 is 0 Å². The molecule has 1 amide bonds. The van der Waals surface area contributed by atoms with Crippen molar-refractivity contribution in [3.05, 3.63) is 65.4 Å². The molecule has 0 spiro atoms. The first-order valence-corrected chi connectivity index (χ1v) is 12.0. The van der Waals surface area contributed by atoms with Crippen LogP contribution in [-0.4, -0.2) is 58.9 Å². The summed E-state index contributed by atoms with van der Waals surface area (Å²) in [6.45, 7) is 6.15. The van der Waals surface area contributed by atoms with Gasteiger partial charge in [-0.25, -0.2) is 4.98 Å². The van der Waals surface area contributed by atoms with Crippen LogP contribution in [0.3, 0.4) is 0 Å². The average Bonchev–Trinajstić information content (AvgIpc) is 3.24. The van der Waals surface area contributed by atoms with Gasteiger partial charge in [-0.05, 0) is 43.2 Å². The number of hydrogen-bond acceptors (Lipinski definition) is 8. The van der Waals surface area contributed by atoms with E-state index in [1.165, 1.54) is 11.3 Å². The summed E-state index contributed by atoms with van der Waals surface area (Å²) in [6.07, 6.45) is 0. The number of thiophene rings is 1. The second-order valence-electron chi connectivity index (χ2n) is 8.77. The van der Waals surface area contributed by atoms with Gasteiger partial charge >= 0.3 is 0 Å². The molecule has 1 atom stereocenters. The number of amides is 1. The number of aliphatic hydroxyl groups excluding tert-OH is 1. The number of hydrogen-bond donors (Lipinski definition) is 4. The number of aliphatic hydroxyl groups is 2. The number of nitrogens with one attached hydrogen (secondary N) is 1. The molecule has 34 heavy (non-hydrogen) atoms. The number of primary amides is 1. The Labute approximate surface area is 203 Å². The molecule has 1 unspecified atom stereocenters. The van der Waals surface area contributed by atoms with E-state index in [-0.39, 0.29) is 12.6 Å². The van der Waals surface area contributed by atoms with Crippen molar-refractivity contribution in [2.45, 2.75) is 25.5 Å². The molecule has 8 nitrogen and oxygen atoms in total. The Bertz CT molecular complexity index is 1130. The largest absolute Gasteiger partial charge is 0.394 e. The van der Waals surface area contributed by atoms with Crippen molar-refractivity contribution in [3.8, 4) is 10.4 Å². The summed E-state index contributed by atoms with van der Waals surface area (Å²) in [6, 6.07) is 14.7. The van der Waals surface area contributed by atoms with Crippen LogP contribution in [0.15, 0.2) is 48.5 Å². The predicted molar refractivity (Wildman–Crippen MR) is 133 cm³/mol. The van der Waals surface area contributed by atoms with Crippen LogP contribution in [0.4, 0.5) is 10.8 Å². The number of rotatable bonds is 8. The number of benzene rings is 1. The smallest absolute Gasteiger partial charge is 0.251 e. The molecule has 0 saturated carbocycles. The molecule has 0 aliphatic carbocycles. The van der Waals surface area contributed by atoms with Crippen LogP contribution in [0, 0.1) is 0 Å². The van der Waals surface area contributed by atoms with E-state index in [4.69, 9.17) is 15.5 Å². The third-order valence-corrected chi connectivity index (χ3v) is 6.99. The molecule has 1 aromatic carbocycles. The number of carbonyl (C=O) groups is 1. The van der Waals surface area contributed by atoms with Crippen LogP contribution < -0.4 is 11.1 Å². The number of aromatic nitrogens is 1. The zero-order valence-corrected chi connectivity index (χ0v) is 20.1. The zero-order valence-electron chi connectivity index (χ0n) is 19.3. The molecule has 4 rings (SSSR count). The van der Waals surface area contributed by atoms with Crippen molar-refractivity contribution in [3.63, 3.8) is 0 Å². The molecule has 1 aliphatic heterocycles. The summed E-state index contributed by atoms with van der Waals surface area (Å²) in [4.78, 5) is 19.9. The highest BCUT2D eigenvalue weighted by Gasteiger charge is 2.24. The molecular formula is C25H30N4O4S. The number of nitrogens with zero attached hydrogens (tertiary/aromatic N) is 2. The zero-order chi connectivity index (χ0) is 24.3. The molecule has 3 heterocycles. The minimum absolute atomic E-state index is 0.0488. The van der Waals surface area contributed by atoms with Gasteiger partial charge in [-0.3, -0.25) is 9.69 Å². The van der Waals surface area contributed by atoms with Crippen molar-refractivity contribution in [2.24, 2.45) is 5.73 Å². The van der Waals surface area contributed by atoms with Gasteiger partial charge in [0.15, 0.2) is 0 Å². The highest BCUT2D eigenvalue weighted by atomic mass is 32.1.